The van der Waals surface area contributed by atoms with Crippen molar-refractivity contribution in [1.82, 2.24) is 0 Å². The summed E-state index contributed by atoms with van der Waals surface area (Å²) in [6, 6.07) is 4.21. The maximum absolute atomic E-state index is 12.1. The average molecular weight is 241 g/mol. The number of rotatable bonds is 2. The molecular weight excluding hydrogens is 234 g/mol. The van der Waals surface area contributed by atoms with Crippen LogP contribution >= 0.6 is 0 Å². The average Bonchev–Trinajstić information content (AvgIpc) is 2.02. The van der Waals surface area contributed by atoms with Crippen LogP contribution in [0.15, 0.2) is 24.3 Å². The maximum Gasteiger partial charge on any atom is 1.00 e. The molecule has 1 N–H and O–H groups in total. The second-order valence-electron chi connectivity index (χ2n) is 2.79. The monoisotopic (exact) mass is 241 g/mol. The fourth-order valence-corrected chi connectivity index (χ4v) is 0.997. The summed E-state index contributed by atoms with van der Waals surface area (Å²) in [7, 11) is 0. The summed E-state index contributed by atoms with van der Waals surface area (Å²) in [5.74, 6) is -0.815. The van der Waals surface area contributed by atoms with Crippen molar-refractivity contribution in [2.75, 3.05) is 0 Å². The molecule has 1 aromatic carbocycles. The third-order valence-corrected chi connectivity index (χ3v) is 1.65. The quantitative estimate of drug-likeness (QED) is 0.663. The van der Waals surface area contributed by atoms with E-state index in [0.29, 0.717) is 5.56 Å². The van der Waals surface area contributed by atoms with E-state index in [1.165, 1.54) is 12.1 Å². The first kappa shape index (κ1) is 15.1. The van der Waals surface area contributed by atoms with Crippen LogP contribution in [0.1, 0.15) is 11.1 Å². The predicted molar refractivity (Wildman–Crippen MR) is 44.5 cm³/mol. The number of hydrogen-bond donors (Lipinski definition) is 0. The smallest absolute Gasteiger partial charge is 0.667 e. The number of halogens is 3. The molecule has 15 heavy (non-hydrogen) atoms. The van der Waals surface area contributed by atoms with Gasteiger partial charge in [0.25, 0.3) is 0 Å². The molecule has 0 unspecified atom stereocenters. The van der Waals surface area contributed by atoms with Crippen molar-refractivity contribution >= 4 is 5.91 Å². The number of carbonyl (C=O) groups is 1. The Kier molecular flexibility index (Phi) is 6.05. The molecule has 0 bridgehead atoms. The van der Waals surface area contributed by atoms with Crippen molar-refractivity contribution in [3.05, 3.63) is 41.1 Å². The van der Waals surface area contributed by atoms with Gasteiger partial charge in [0.2, 0.25) is 0 Å². The van der Waals surface area contributed by atoms with E-state index in [1.54, 1.807) is 0 Å². The Morgan fingerprint density at radius 2 is 1.67 bits per heavy atom. The molecular formula is C9H7F3KNO. The van der Waals surface area contributed by atoms with Gasteiger partial charge in [-0.15, -0.1) is 0 Å². The molecule has 76 valence electrons. The molecule has 0 spiro atoms. The van der Waals surface area contributed by atoms with Crippen LogP contribution in [-0.2, 0) is 17.4 Å². The second kappa shape index (κ2) is 6.00. The zero-order valence-corrected chi connectivity index (χ0v) is 11.2. The van der Waals surface area contributed by atoms with Gasteiger partial charge in [-0.05, 0) is 17.7 Å². The maximum atomic E-state index is 12.1. The molecule has 0 fully saturated rings. The van der Waals surface area contributed by atoms with Gasteiger partial charge in [-0.3, -0.25) is 0 Å². The van der Waals surface area contributed by atoms with Crippen LogP contribution < -0.4 is 51.4 Å². The van der Waals surface area contributed by atoms with Crippen molar-refractivity contribution < 1.29 is 69.4 Å². The fourth-order valence-electron chi connectivity index (χ4n) is 0.997. The van der Waals surface area contributed by atoms with Crippen LogP contribution in [-0.4, -0.2) is 5.91 Å². The third-order valence-electron chi connectivity index (χ3n) is 1.65. The number of benzene rings is 1. The summed E-state index contributed by atoms with van der Waals surface area (Å²) >= 11 is 0. The molecule has 6 heteroatoms. The molecule has 1 rings (SSSR count). The molecule has 1 aromatic rings. The van der Waals surface area contributed by atoms with Crippen molar-refractivity contribution in [3.8, 4) is 0 Å². The van der Waals surface area contributed by atoms with E-state index in [1.807, 2.05) is 0 Å². The molecule has 2 nitrogen and oxygen atoms in total. The predicted octanol–water partition coefficient (Wildman–Crippen LogP) is -0.169. The summed E-state index contributed by atoms with van der Waals surface area (Å²) in [6.45, 7) is 0. The van der Waals surface area contributed by atoms with Crippen LogP contribution in [0.25, 0.3) is 5.73 Å². The minimum atomic E-state index is -4.36. The van der Waals surface area contributed by atoms with Crippen molar-refractivity contribution in [3.63, 3.8) is 0 Å². The fraction of sp³-hybridized carbons (Fsp3) is 0.222. The largest absolute Gasteiger partial charge is 1.00 e. The van der Waals surface area contributed by atoms with Gasteiger partial charge in [-0.2, -0.15) is 13.2 Å². The third kappa shape index (κ3) is 5.12. The Morgan fingerprint density at radius 1 is 1.20 bits per heavy atom. The SMILES string of the molecule is [K+].[NH-]C(=O)Cc1ccc(C(F)(F)F)cc1. The minimum Gasteiger partial charge on any atom is -0.667 e. The van der Waals surface area contributed by atoms with Gasteiger partial charge in [0.05, 0.1) is 11.5 Å². The zero-order valence-electron chi connectivity index (χ0n) is 8.06. The standard InChI is InChI=1S/C9H8F3NO.K/c10-9(11,12)7-3-1-6(2-4-7)5-8(13)14;/h1-4H,5H2,(H2,13,14);/q;+1/p-1. The summed E-state index contributed by atoms with van der Waals surface area (Å²) in [4.78, 5) is 10.3. The van der Waals surface area contributed by atoms with Gasteiger partial charge in [0.1, 0.15) is 0 Å². The summed E-state index contributed by atoms with van der Waals surface area (Å²) in [6.07, 6.45) is -4.51. The van der Waals surface area contributed by atoms with Crippen molar-refractivity contribution in [1.29, 1.82) is 0 Å². The van der Waals surface area contributed by atoms with Crippen molar-refractivity contribution in [2.24, 2.45) is 0 Å². The van der Waals surface area contributed by atoms with Gasteiger partial charge in [-0.1, -0.05) is 12.1 Å². The van der Waals surface area contributed by atoms with E-state index < -0.39 is 17.6 Å². The molecule has 0 aromatic heterocycles. The van der Waals surface area contributed by atoms with Crippen LogP contribution in [0.5, 0.6) is 0 Å². The Labute approximate surface area is 127 Å². The van der Waals surface area contributed by atoms with E-state index in [-0.39, 0.29) is 57.8 Å². The Bertz CT molecular complexity index is 334. The molecule has 0 aliphatic rings. The zero-order chi connectivity index (χ0) is 10.8. The molecule has 0 saturated heterocycles. The van der Waals surface area contributed by atoms with Crippen molar-refractivity contribution in [2.45, 2.75) is 12.6 Å². The Hall–Kier alpha value is 0.116. The number of hydrogen-bond acceptors (Lipinski definition) is 1. The first-order valence-electron chi connectivity index (χ1n) is 3.80. The Balaban J connectivity index is 0.00000196. The van der Waals surface area contributed by atoms with Gasteiger partial charge in [0.15, 0.2) is 0 Å². The number of carbonyl (C=O) groups excluding carboxylic acids is 1. The normalized spacial score (nSPS) is 10.6. The molecule has 0 saturated carbocycles. The van der Waals surface area contributed by atoms with E-state index in [2.05, 4.69) is 0 Å². The summed E-state index contributed by atoms with van der Waals surface area (Å²) < 4.78 is 36.2. The molecule has 0 atom stereocenters. The van der Waals surface area contributed by atoms with Crippen LogP contribution in [0.3, 0.4) is 0 Å². The van der Waals surface area contributed by atoms with Crippen LogP contribution in [0, 0.1) is 0 Å². The first-order valence-corrected chi connectivity index (χ1v) is 3.80. The number of amides is 1. The van der Waals surface area contributed by atoms with Gasteiger partial charge < -0.3 is 10.5 Å². The first-order chi connectivity index (χ1) is 6.39. The van der Waals surface area contributed by atoms with Crippen LogP contribution in [0.2, 0.25) is 0 Å². The van der Waals surface area contributed by atoms with E-state index in [4.69, 9.17) is 5.73 Å². The minimum absolute atomic E-state index is 0. The van der Waals surface area contributed by atoms with Gasteiger partial charge >= 0.3 is 57.6 Å². The second-order valence-corrected chi connectivity index (χ2v) is 2.79. The van der Waals surface area contributed by atoms with Gasteiger partial charge in [0, 0.05) is 6.42 Å². The van der Waals surface area contributed by atoms with E-state index in [9.17, 15) is 18.0 Å². The number of alkyl halides is 3. The van der Waals surface area contributed by atoms with E-state index >= 15 is 0 Å². The molecule has 0 aliphatic heterocycles. The van der Waals surface area contributed by atoms with Crippen LogP contribution in [0.4, 0.5) is 13.2 Å². The summed E-state index contributed by atoms with van der Waals surface area (Å²) in [5, 5.41) is 0. The molecule has 0 heterocycles. The summed E-state index contributed by atoms with van der Waals surface area (Å²) in [5.41, 5.74) is 6.29. The topological polar surface area (TPSA) is 40.9 Å². The molecule has 0 aliphatic carbocycles. The van der Waals surface area contributed by atoms with Gasteiger partial charge in [-0.25, -0.2) is 0 Å². The van der Waals surface area contributed by atoms with E-state index in [0.717, 1.165) is 12.1 Å². The Morgan fingerprint density at radius 3 is 2.00 bits per heavy atom. The molecule has 0 radical (unpaired) electrons. The number of nitrogens with one attached hydrogen (secondary N) is 1. The molecule has 1 amide bonds.